The van der Waals surface area contributed by atoms with E-state index in [1.807, 2.05) is 0 Å². The fraction of sp³-hybridized carbons (Fsp3) is 0.182. The first-order valence-corrected chi connectivity index (χ1v) is 4.30. The summed E-state index contributed by atoms with van der Waals surface area (Å²) >= 11 is 0. The number of hydrogen-bond donors (Lipinski definition) is 0. The molecule has 0 aliphatic heterocycles. The van der Waals surface area contributed by atoms with Crippen molar-refractivity contribution in [2.75, 3.05) is 7.11 Å². The second-order valence-corrected chi connectivity index (χ2v) is 2.91. The summed E-state index contributed by atoms with van der Waals surface area (Å²) in [4.78, 5) is 0. The molecule has 2 nitrogen and oxygen atoms in total. The van der Waals surface area contributed by atoms with Gasteiger partial charge in [0.1, 0.15) is 5.75 Å². The number of alkyl halides is 3. The first-order valence-electron chi connectivity index (χ1n) is 4.30. The van der Waals surface area contributed by atoms with Crippen molar-refractivity contribution in [1.29, 1.82) is 5.26 Å². The van der Waals surface area contributed by atoms with Crippen molar-refractivity contribution in [2.24, 2.45) is 0 Å². The Bertz CT molecular complexity index is 444. The van der Waals surface area contributed by atoms with E-state index in [2.05, 4.69) is 0 Å². The van der Waals surface area contributed by atoms with Crippen LogP contribution in [0.4, 0.5) is 13.2 Å². The number of hydrogen-bond acceptors (Lipinski definition) is 2. The van der Waals surface area contributed by atoms with Gasteiger partial charge in [-0.2, -0.15) is 18.4 Å². The molecular weight excluding hydrogens is 219 g/mol. The molecule has 0 radical (unpaired) electrons. The van der Waals surface area contributed by atoms with Gasteiger partial charge in [0.05, 0.1) is 18.7 Å². The lowest BCUT2D eigenvalue weighted by Crippen LogP contribution is -2.07. The fourth-order valence-corrected chi connectivity index (χ4v) is 1.18. The summed E-state index contributed by atoms with van der Waals surface area (Å²) < 4.78 is 42.6. The van der Waals surface area contributed by atoms with Crippen LogP contribution in [0.2, 0.25) is 0 Å². The van der Waals surface area contributed by atoms with E-state index in [1.54, 1.807) is 6.07 Å². The van der Waals surface area contributed by atoms with Crippen LogP contribution in [0.25, 0.3) is 6.08 Å². The molecule has 0 heterocycles. The average Bonchev–Trinajstić information content (AvgIpc) is 2.25. The summed E-state index contributed by atoms with van der Waals surface area (Å²) in [6, 6.07) is 5.21. The summed E-state index contributed by atoms with van der Waals surface area (Å²) in [5.41, 5.74) is -0.881. The van der Waals surface area contributed by atoms with Crippen LogP contribution >= 0.6 is 0 Å². The number of benzene rings is 1. The molecule has 0 atom stereocenters. The molecule has 1 aromatic rings. The minimum absolute atomic E-state index is 0.0603. The van der Waals surface area contributed by atoms with Crippen molar-refractivity contribution in [3.63, 3.8) is 0 Å². The minimum Gasteiger partial charge on any atom is -0.497 e. The topological polar surface area (TPSA) is 33.0 Å². The van der Waals surface area contributed by atoms with Gasteiger partial charge in [-0.3, -0.25) is 0 Å². The lowest BCUT2D eigenvalue weighted by Gasteiger charge is -2.11. The van der Waals surface area contributed by atoms with Crippen LogP contribution in [-0.2, 0) is 6.18 Å². The van der Waals surface area contributed by atoms with E-state index in [0.29, 0.717) is 0 Å². The summed E-state index contributed by atoms with van der Waals surface area (Å²) in [6.07, 6.45) is -2.36. The van der Waals surface area contributed by atoms with Gasteiger partial charge in [0, 0.05) is 6.08 Å². The number of ether oxygens (including phenoxy) is 1. The SMILES string of the molecule is COc1ccc(C=CC#N)c(C(F)(F)F)c1. The predicted molar refractivity (Wildman–Crippen MR) is 52.6 cm³/mol. The predicted octanol–water partition coefficient (Wildman–Crippen LogP) is 3.25. The zero-order valence-electron chi connectivity index (χ0n) is 8.38. The summed E-state index contributed by atoms with van der Waals surface area (Å²) in [5, 5.41) is 8.28. The molecule has 0 N–H and O–H groups in total. The molecule has 0 amide bonds. The summed E-state index contributed by atoms with van der Waals surface area (Å²) in [5.74, 6) is 0.126. The van der Waals surface area contributed by atoms with E-state index in [-0.39, 0.29) is 11.3 Å². The normalized spacial score (nSPS) is 11.4. The Kier molecular flexibility index (Phi) is 3.56. The number of nitriles is 1. The molecule has 5 heteroatoms. The van der Waals surface area contributed by atoms with Crippen molar-refractivity contribution in [2.45, 2.75) is 6.18 Å². The van der Waals surface area contributed by atoms with Crippen LogP contribution in [0.3, 0.4) is 0 Å². The highest BCUT2D eigenvalue weighted by atomic mass is 19.4. The van der Waals surface area contributed by atoms with E-state index < -0.39 is 11.7 Å². The van der Waals surface area contributed by atoms with Gasteiger partial charge < -0.3 is 4.74 Å². The monoisotopic (exact) mass is 227 g/mol. The molecule has 0 aliphatic carbocycles. The Labute approximate surface area is 90.6 Å². The molecule has 1 aromatic carbocycles. The first-order chi connectivity index (χ1) is 7.49. The number of allylic oxidation sites excluding steroid dienone is 1. The molecule has 16 heavy (non-hydrogen) atoms. The van der Waals surface area contributed by atoms with E-state index in [9.17, 15) is 13.2 Å². The van der Waals surface area contributed by atoms with Crippen molar-refractivity contribution in [3.8, 4) is 11.8 Å². The van der Waals surface area contributed by atoms with Gasteiger partial charge in [0.25, 0.3) is 0 Å². The van der Waals surface area contributed by atoms with E-state index in [4.69, 9.17) is 10.00 Å². The van der Waals surface area contributed by atoms with Gasteiger partial charge in [-0.15, -0.1) is 0 Å². The third-order valence-corrected chi connectivity index (χ3v) is 1.90. The quantitative estimate of drug-likeness (QED) is 0.726. The average molecular weight is 227 g/mol. The van der Waals surface area contributed by atoms with Gasteiger partial charge in [-0.1, -0.05) is 6.07 Å². The first kappa shape index (κ1) is 12.1. The van der Waals surface area contributed by atoms with Crippen molar-refractivity contribution in [1.82, 2.24) is 0 Å². The van der Waals surface area contributed by atoms with E-state index in [1.165, 1.54) is 19.2 Å². The maximum atomic E-state index is 12.6. The number of nitrogens with zero attached hydrogens (tertiary/aromatic N) is 1. The molecule has 1 rings (SSSR count). The van der Waals surface area contributed by atoms with Gasteiger partial charge in [0.15, 0.2) is 0 Å². The molecular formula is C11H8F3NO. The minimum atomic E-state index is -4.47. The molecule has 0 unspecified atom stereocenters. The van der Waals surface area contributed by atoms with Crippen LogP contribution in [0, 0.1) is 11.3 Å². The smallest absolute Gasteiger partial charge is 0.417 e. The van der Waals surface area contributed by atoms with Crippen LogP contribution < -0.4 is 4.74 Å². The zero-order valence-corrected chi connectivity index (χ0v) is 8.38. The Hall–Kier alpha value is -1.96. The lowest BCUT2D eigenvalue weighted by molar-refractivity contribution is -0.137. The molecule has 0 aromatic heterocycles. The highest BCUT2D eigenvalue weighted by Gasteiger charge is 2.33. The van der Waals surface area contributed by atoms with E-state index >= 15 is 0 Å². The number of rotatable bonds is 2. The fourth-order valence-electron chi connectivity index (χ4n) is 1.18. The van der Waals surface area contributed by atoms with Crippen molar-refractivity contribution >= 4 is 6.08 Å². The maximum Gasteiger partial charge on any atom is 0.417 e. The van der Waals surface area contributed by atoms with Gasteiger partial charge in [-0.25, -0.2) is 0 Å². The highest BCUT2D eigenvalue weighted by Crippen LogP contribution is 2.34. The summed E-state index contributed by atoms with van der Waals surface area (Å²) in [7, 11) is 1.29. The number of halogens is 3. The Morgan fingerprint density at radius 2 is 2.06 bits per heavy atom. The molecule has 0 bridgehead atoms. The largest absolute Gasteiger partial charge is 0.497 e. The standard InChI is InChI=1S/C11H8F3NO/c1-16-9-5-4-8(3-2-6-15)10(7-9)11(12,13)14/h2-5,7H,1H3. The Balaban J connectivity index is 3.29. The summed E-state index contributed by atoms with van der Waals surface area (Å²) in [6.45, 7) is 0. The highest BCUT2D eigenvalue weighted by molar-refractivity contribution is 5.58. The van der Waals surface area contributed by atoms with Gasteiger partial charge in [-0.05, 0) is 23.8 Å². The van der Waals surface area contributed by atoms with Crippen molar-refractivity contribution in [3.05, 3.63) is 35.4 Å². The Morgan fingerprint density at radius 1 is 1.38 bits per heavy atom. The van der Waals surface area contributed by atoms with Crippen LogP contribution in [-0.4, -0.2) is 7.11 Å². The molecule has 0 fully saturated rings. The van der Waals surface area contributed by atoms with Gasteiger partial charge in [0.2, 0.25) is 0 Å². The second kappa shape index (κ2) is 4.71. The van der Waals surface area contributed by atoms with Gasteiger partial charge >= 0.3 is 6.18 Å². The van der Waals surface area contributed by atoms with E-state index in [0.717, 1.165) is 18.2 Å². The lowest BCUT2D eigenvalue weighted by atomic mass is 10.1. The Morgan fingerprint density at radius 3 is 2.56 bits per heavy atom. The number of methoxy groups -OCH3 is 1. The van der Waals surface area contributed by atoms with Crippen molar-refractivity contribution < 1.29 is 17.9 Å². The van der Waals surface area contributed by atoms with Crippen LogP contribution in [0.15, 0.2) is 24.3 Å². The van der Waals surface area contributed by atoms with Crippen LogP contribution in [0.1, 0.15) is 11.1 Å². The molecule has 0 spiro atoms. The van der Waals surface area contributed by atoms with Crippen LogP contribution in [0.5, 0.6) is 5.75 Å². The third-order valence-electron chi connectivity index (χ3n) is 1.90. The molecule has 84 valence electrons. The molecule has 0 aliphatic rings. The third kappa shape index (κ3) is 2.76. The maximum absolute atomic E-state index is 12.6. The molecule has 0 saturated carbocycles. The second-order valence-electron chi connectivity index (χ2n) is 2.91. The molecule has 0 saturated heterocycles. The zero-order chi connectivity index (χ0) is 12.2.